The van der Waals surface area contributed by atoms with Gasteiger partial charge in [-0.3, -0.25) is 4.72 Å². The molecule has 2 unspecified atom stereocenters. The second kappa shape index (κ2) is 11.7. The Labute approximate surface area is 229 Å². The first-order chi connectivity index (χ1) is 18.8. The summed E-state index contributed by atoms with van der Waals surface area (Å²) in [5.41, 5.74) is -2.66. The maximum absolute atomic E-state index is 12.6. The fraction of sp³-hybridized carbons (Fsp3) is 0.250. The Morgan fingerprint density at radius 1 is 0.975 bits per heavy atom. The smallest absolute Gasteiger partial charge is 0.477 e. The predicted molar refractivity (Wildman–Crippen MR) is 146 cm³/mol. The number of rotatable bonds is 11. The van der Waals surface area contributed by atoms with Crippen LogP contribution in [0.5, 0.6) is 0 Å². The highest BCUT2D eigenvalue weighted by atomic mass is 32.2. The number of benzene rings is 3. The molecule has 212 valence electrons. The highest BCUT2D eigenvalue weighted by Gasteiger charge is 2.46. The normalized spacial score (nSPS) is 13.7. The van der Waals surface area contributed by atoms with Crippen molar-refractivity contribution < 1.29 is 36.6 Å². The molecule has 0 saturated heterocycles. The minimum atomic E-state index is -5.54. The maximum Gasteiger partial charge on any atom is 0.516 e. The number of aromatic carboxylic acids is 1. The number of sulfonamides is 1. The van der Waals surface area contributed by atoms with Gasteiger partial charge in [0, 0.05) is 35.7 Å². The number of hydrogen-bond acceptors (Lipinski definition) is 5. The van der Waals surface area contributed by atoms with Crippen LogP contribution in [0.2, 0.25) is 0 Å². The summed E-state index contributed by atoms with van der Waals surface area (Å²) in [6.45, 7) is 2.48. The van der Waals surface area contributed by atoms with E-state index in [1.54, 1.807) is 10.6 Å². The van der Waals surface area contributed by atoms with Crippen LogP contribution in [0.3, 0.4) is 0 Å². The number of carboxylic acid groups (broad SMARTS) is 1. The minimum absolute atomic E-state index is 0.0325. The van der Waals surface area contributed by atoms with Gasteiger partial charge in [-0.15, -0.1) is 0 Å². The van der Waals surface area contributed by atoms with E-state index in [1.807, 2.05) is 55.5 Å². The molecule has 0 aliphatic heterocycles. The molecule has 0 fully saturated rings. The number of hydrogen-bond donors (Lipinski definition) is 4. The molecule has 0 bridgehead atoms. The quantitative estimate of drug-likeness (QED) is 0.202. The van der Waals surface area contributed by atoms with Gasteiger partial charge in [0.25, 0.3) is 0 Å². The topological polar surface area (TPSA) is 121 Å². The van der Waals surface area contributed by atoms with Crippen LogP contribution in [0.15, 0.2) is 78.9 Å². The van der Waals surface area contributed by atoms with Crippen LogP contribution in [0.1, 0.15) is 40.2 Å². The minimum Gasteiger partial charge on any atom is -0.477 e. The Kier molecular flexibility index (Phi) is 8.52. The number of nitrogens with zero attached hydrogens (tertiary/aromatic N) is 1. The third-order valence-electron chi connectivity index (χ3n) is 6.42. The number of aliphatic hydroxyl groups excluding tert-OH is 1. The highest BCUT2D eigenvalue weighted by molar-refractivity contribution is 7.93. The van der Waals surface area contributed by atoms with Gasteiger partial charge in [0.15, 0.2) is 0 Å². The number of aromatic nitrogens is 1. The summed E-state index contributed by atoms with van der Waals surface area (Å²) in [5.74, 6) is -1.14. The Morgan fingerprint density at radius 2 is 1.62 bits per heavy atom. The molecule has 0 aliphatic carbocycles. The summed E-state index contributed by atoms with van der Waals surface area (Å²) in [7, 11) is -5.54. The van der Waals surface area contributed by atoms with Crippen molar-refractivity contribution in [3.05, 3.63) is 101 Å². The third kappa shape index (κ3) is 6.82. The molecule has 0 spiro atoms. The number of carbonyl (C=O) groups is 1. The molecule has 12 heteroatoms. The largest absolute Gasteiger partial charge is 0.516 e. The zero-order valence-electron chi connectivity index (χ0n) is 21.4. The van der Waals surface area contributed by atoms with Crippen molar-refractivity contribution in [3.8, 4) is 0 Å². The average Bonchev–Trinajstić information content (AvgIpc) is 3.26. The first kappa shape index (κ1) is 29.1. The van der Waals surface area contributed by atoms with Crippen LogP contribution < -0.4 is 10.0 Å². The summed E-state index contributed by atoms with van der Waals surface area (Å²) < 4.78 is 63.6. The molecule has 40 heavy (non-hydrogen) atoms. The number of fused-ring (bicyclic) bond motifs is 1. The van der Waals surface area contributed by atoms with Crippen LogP contribution >= 0.6 is 0 Å². The first-order valence-corrected chi connectivity index (χ1v) is 13.8. The summed E-state index contributed by atoms with van der Waals surface area (Å²) in [6.07, 6.45) is -0.00229. The fourth-order valence-electron chi connectivity index (χ4n) is 4.40. The SMILES string of the molecule is CC(Cc1ccc2c(c1)cc(C(=O)O)n2Cc1ccc(NS(=O)(=O)C(F)(F)F)cc1)NCC(O)c1ccccc1. The lowest BCUT2D eigenvalue weighted by Crippen LogP contribution is -2.32. The Morgan fingerprint density at radius 3 is 2.25 bits per heavy atom. The predicted octanol–water partition coefficient (Wildman–Crippen LogP) is 4.90. The molecule has 2 atom stereocenters. The van der Waals surface area contributed by atoms with Crippen molar-refractivity contribution in [2.75, 3.05) is 11.3 Å². The van der Waals surface area contributed by atoms with Crippen LogP contribution in [0.25, 0.3) is 10.9 Å². The van der Waals surface area contributed by atoms with Gasteiger partial charge in [0.05, 0.1) is 6.10 Å². The maximum atomic E-state index is 12.6. The van der Waals surface area contributed by atoms with Crippen molar-refractivity contribution >= 4 is 32.6 Å². The molecule has 4 N–H and O–H groups in total. The summed E-state index contributed by atoms with van der Waals surface area (Å²) >= 11 is 0. The Hall–Kier alpha value is -3.87. The second-order valence-corrected chi connectivity index (χ2v) is 11.2. The molecule has 4 aromatic rings. The summed E-state index contributed by atoms with van der Waals surface area (Å²) in [5, 5.41) is 24.2. The number of halogens is 3. The van der Waals surface area contributed by atoms with Gasteiger partial charge in [-0.1, -0.05) is 48.5 Å². The van der Waals surface area contributed by atoms with E-state index in [0.29, 0.717) is 29.4 Å². The molecule has 0 radical (unpaired) electrons. The molecule has 0 aliphatic rings. The lowest BCUT2D eigenvalue weighted by atomic mass is 10.0. The van der Waals surface area contributed by atoms with Crippen molar-refractivity contribution in [1.82, 2.24) is 9.88 Å². The average molecular weight is 576 g/mol. The monoisotopic (exact) mass is 575 g/mol. The van der Waals surface area contributed by atoms with Gasteiger partial charge in [-0.2, -0.15) is 21.6 Å². The van der Waals surface area contributed by atoms with E-state index >= 15 is 0 Å². The van der Waals surface area contributed by atoms with Gasteiger partial charge in [0.2, 0.25) is 0 Å². The van der Waals surface area contributed by atoms with Gasteiger partial charge in [-0.25, -0.2) is 4.79 Å². The third-order valence-corrected chi connectivity index (χ3v) is 7.54. The van der Waals surface area contributed by atoms with E-state index in [0.717, 1.165) is 11.1 Å². The number of nitrogens with one attached hydrogen (secondary N) is 2. The Bertz CT molecular complexity index is 1590. The van der Waals surface area contributed by atoms with Crippen LogP contribution in [-0.2, 0) is 23.0 Å². The molecule has 8 nitrogen and oxygen atoms in total. The van der Waals surface area contributed by atoms with Crippen LogP contribution in [0, 0.1) is 0 Å². The number of anilines is 1. The lowest BCUT2D eigenvalue weighted by molar-refractivity contribution is -0.0429. The number of aliphatic hydroxyl groups is 1. The van der Waals surface area contributed by atoms with Crippen molar-refractivity contribution in [2.45, 2.75) is 37.5 Å². The van der Waals surface area contributed by atoms with E-state index in [4.69, 9.17) is 0 Å². The van der Waals surface area contributed by atoms with E-state index < -0.39 is 27.6 Å². The standard InChI is InChI=1S/C28H28F3N3O5S/c1-18(32-16-26(35)21-5-3-2-4-6-21)13-20-9-12-24-22(14-20)15-25(27(36)37)34(24)17-19-7-10-23(11-8-19)33-40(38,39)28(29,30)31/h2-12,14-15,18,26,32-33,35H,13,16-17H2,1H3,(H,36,37). The van der Waals surface area contributed by atoms with Crippen LogP contribution in [-0.4, -0.2) is 47.3 Å². The molecule has 4 rings (SSSR count). The lowest BCUT2D eigenvalue weighted by Gasteiger charge is -2.18. The van der Waals surface area contributed by atoms with E-state index in [2.05, 4.69) is 5.32 Å². The molecular weight excluding hydrogens is 547 g/mol. The fourth-order valence-corrected chi connectivity index (χ4v) is 4.96. The molecular formula is C28H28F3N3O5S. The Balaban J connectivity index is 1.47. The molecule has 3 aromatic carbocycles. The zero-order chi connectivity index (χ0) is 29.1. The second-order valence-electron chi connectivity index (χ2n) is 9.50. The molecule has 1 aromatic heterocycles. The van der Waals surface area contributed by atoms with E-state index in [1.165, 1.54) is 29.0 Å². The highest BCUT2D eigenvalue weighted by Crippen LogP contribution is 2.27. The number of alkyl halides is 3. The molecule has 0 saturated carbocycles. The summed E-state index contributed by atoms with van der Waals surface area (Å²) in [4.78, 5) is 12.0. The van der Waals surface area contributed by atoms with E-state index in [9.17, 15) is 36.6 Å². The van der Waals surface area contributed by atoms with Gasteiger partial charge in [0.1, 0.15) is 5.69 Å². The first-order valence-electron chi connectivity index (χ1n) is 12.3. The van der Waals surface area contributed by atoms with Crippen LogP contribution in [0.4, 0.5) is 18.9 Å². The van der Waals surface area contributed by atoms with Crippen molar-refractivity contribution in [3.63, 3.8) is 0 Å². The van der Waals surface area contributed by atoms with Gasteiger partial charge >= 0.3 is 21.5 Å². The molecule has 1 heterocycles. The zero-order valence-corrected chi connectivity index (χ0v) is 22.2. The van der Waals surface area contributed by atoms with Gasteiger partial charge in [-0.05, 0) is 60.4 Å². The van der Waals surface area contributed by atoms with Crippen molar-refractivity contribution in [2.24, 2.45) is 0 Å². The van der Waals surface area contributed by atoms with E-state index in [-0.39, 0.29) is 24.0 Å². The summed E-state index contributed by atoms with van der Waals surface area (Å²) in [6, 6.07) is 21.8. The van der Waals surface area contributed by atoms with Crippen molar-refractivity contribution in [1.29, 1.82) is 0 Å². The molecule has 0 amide bonds. The number of carboxylic acids is 1. The van der Waals surface area contributed by atoms with Gasteiger partial charge < -0.3 is 20.1 Å².